The molecule has 0 unspecified atom stereocenters. The van der Waals surface area contributed by atoms with Gasteiger partial charge in [-0.1, -0.05) is 85.8 Å². The van der Waals surface area contributed by atoms with E-state index >= 15 is 0 Å². The average Bonchev–Trinajstić information content (AvgIpc) is 2.77. The van der Waals surface area contributed by atoms with Crippen molar-refractivity contribution in [2.45, 2.75) is 77.4 Å². The molecule has 3 rings (SSSR count). The number of amides is 2. The maximum atomic E-state index is 13.4. The minimum atomic E-state index is -0.502. The monoisotopic (exact) mass is 440 g/mol. The fraction of sp³-hybridized carbons (Fsp3) is 0.462. The lowest BCUT2D eigenvalue weighted by Gasteiger charge is -2.33. The van der Waals surface area contributed by atoms with E-state index in [1.165, 1.54) is 12.0 Å². The summed E-state index contributed by atoms with van der Waals surface area (Å²) >= 11 is 6.31. The Balaban J connectivity index is 1.81. The third-order valence-corrected chi connectivity index (χ3v) is 6.48. The number of carbonyl (C=O) groups is 2. The zero-order valence-electron chi connectivity index (χ0n) is 18.6. The molecule has 166 valence electrons. The Morgan fingerprint density at radius 2 is 1.74 bits per heavy atom. The third kappa shape index (κ3) is 6.57. The second kappa shape index (κ2) is 11.3. The first-order valence-corrected chi connectivity index (χ1v) is 11.7. The predicted molar refractivity (Wildman–Crippen MR) is 126 cm³/mol. The first kappa shape index (κ1) is 23.3. The summed E-state index contributed by atoms with van der Waals surface area (Å²) in [6, 6.07) is 15.2. The maximum Gasteiger partial charge on any atom is 0.243 e. The normalized spacial score (nSPS) is 15.3. The van der Waals surface area contributed by atoms with Gasteiger partial charge in [-0.15, -0.1) is 0 Å². The Morgan fingerprint density at radius 3 is 2.39 bits per heavy atom. The largest absolute Gasteiger partial charge is 0.352 e. The molecule has 0 aliphatic heterocycles. The topological polar surface area (TPSA) is 49.4 Å². The molecule has 0 bridgehead atoms. The van der Waals surface area contributed by atoms with Gasteiger partial charge in [0.15, 0.2) is 0 Å². The lowest BCUT2D eigenvalue weighted by molar-refractivity contribution is -0.141. The molecule has 0 radical (unpaired) electrons. The summed E-state index contributed by atoms with van der Waals surface area (Å²) in [5, 5.41) is 3.79. The highest BCUT2D eigenvalue weighted by molar-refractivity contribution is 6.31. The maximum absolute atomic E-state index is 13.4. The van der Waals surface area contributed by atoms with Crippen LogP contribution >= 0.6 is 11.6 Å². The lowest BCUT2D eigenvalue weighted by atomic mass is 9.95. The second-order valence-corrected chi connectivity index (χ2v) is 8.95. The van der Waals surface area contributed by atoms with Crippen LogP contribution < -0.4 is 5.32 Å². The molecular formula is C26H33ClN2O2. The molecule has 31 heavy (non-hydrogen) atoms. The van der Waals surface area contributed by atoms with E-state index in [-0.39, 0.29) is 24.3 Å². The van der Waals surface area contributed by atoms with E-state index in [2.05, 4.69) is 5.32 Å². The van der Waals surface area contributed by atoms with Crippen molar-refractivity contribution in [1.29, 1.82) is 0 Å². The summed E-state index contributed by atoms with van der Waals surface area (Å²) in [6.45, 7) is 4.41. The van der Waals surface area contributed by atoms with E-state index in [4.69, 9.17) is 11.6 Å². The van der Waals surface area contributed by atoms with Crippen LogP contribution in [-0.4, -0.2) is 28.8 Å². The van der Waals surface area contributed by atoms with Crippen LogP contribution in [0.4, 0.5) is 0 Å². The van der Waals surface area contributed by atoms with Gasteiger partial charge in [0, 0.05) is 17.6 Å². The van der Waals surface area contributed by atoms with Crippen LogP contribution in [0.5, 0.6) is 0 Å². The van der Waals surface area contributed by atoms with Crippen molar-refractivity contribution in [2.75, 3.05) is 0 Å². The van der Waals surface area contributed by atoms with Crippen LogP contribution in [0.25, 0.3) is 0 Å². The molecule has 1 aliphatic carbocycles. The lowest BCUT2D eigenvalue weighted by Crippen LogP contribution is -2.52. The summed E-state index contributed by atoms with van der Waals surface area (Å²) < 4.78 is 0. The first-order valence-electron chi connectivity index (χ1n) is 11.4. The van der Waals surface area contributed by atoms with E-state index in [1.54, 1.807) is 11.0 Å². The smallest absolute Gasteiger partial charge is 0.243 e. The van der Waals surface area contributed by atoms with Crippen LogP contribution in [0.3, 0.4) is 0 Å². The Morgan fingerprint density at radius 1 is 1.06 bits per heavy atom. The highest BCUT2D eigenvalue weighted by Crippen LogP contribution is 2.21. The van der Waals surface area contributed by atoms with Crippen LogP contribution in [-0.2, 0) is 22.6 Å². The molecule has 1 atom stereocenters. The summed E-state index contributed by atoms with van der Waals surface area (Å²) in [4.78, 5) is 28.4. The molecule has 1 saturated carbocycles. The number of benzene rings is 2. The van der Waals surface area contributed by atoms with Gasteiger partial charge in [0.2, 0.25) is 11.8 Å². The number of rotatable bonds is 8. The number of carbonyl (C=O) groups excluding carboxylic acids is 2. The standard InChI is InChI=1S/C26H33ClN2O2/c1-3-24(26(31)28-22-10-5-4-6-11-22)29(18-20-15-13-19(2)14-16-20)25(30)17-21-9-7-8-12-23(21)27/h7-9,12-16,22,24H,3-6,10-11,17-18H2,1-2H3,(H,28,31)/t24-/m1/s1. The molecule has 2 aromatic carbocycles. The van der Waals surface area contributed by atoms with Gasteiger partial charge in [-0.25, -0.2) is 0 Å². The number of nitrogens with zero attached hydrogens (tertiary/aromatic N) is 1. The summed E-state index contributed by atoms with van der Waals surface area (Å²) in [5.41, 5.74) is 2.97. The van der Waals surface area contributed by atoms with Crippen molar-refractivity contribution < 1.29 is 9.59 Å². The molecule has 4 nitrogen and oxygen atoms in total. The molecule has 0 heterocycles. The van der Waals surface area contributed by atoms with Crippen LogP contribution in [0, 0.1) is 6.92 Å². The Bertz CT molecular complexity index is 875. The molecule has 0 saturated heterocycles. The van der Waals surface area contributed by atoms with Crippen molar-refractivity contribution in [2.24, 2.45) is 0 Å². The van der Waals surface area contributed by atoms with Gasteiger partial charge < -0.3 is 10.2 Å². The molecule has 0 aromatic heterocycles. The van der Waals surface area contributed by atoms with Gasteiger partial charge in [0.25, 0.3) is 0 Å². The average molecular weight is 441 g/mol. The number of aryl methyl sites for hydroxylation is 1. The molecule has 1 aliphatic rings. The number of nitrogens with one attached hydrogen (secondary N) is 1. The number of hydrogen-bond donors (Lipinski definition) is 1. The van der Waals surface area contributed by atoms with E-state index in [0.717, 1.165) is 36.8 Å². The van der Waals surface area contributed by atoms with Crippen molar-refractivity contribution in [3.63, 3.8) is 0 Å². The van der Waals surface area contributed by atoms with Crippen LogP contribution in [0.1, 0.15) is 62.1 Å². The number of halogens is 1. The van der Waals surface area contributed by atoms with E-state index in [0.29, 0.717) is 18.0 Å². The molecule has 0 spiro atoms. The molecule has 1 fully saturated rings. The molecule has 2 aromatic rings. The van der Waals surface area contributed by atoms with E-state index in [1.807, 2.05) is 56.3 Å². The summed E-state index contributed by atoms with van der Waals surface area (Å²) in [5.74, 6) is -0.131. The summed E-state index contributed by atoms with van der Waals surface area (Å²) in [6.07, 6.45) is 6.33. The van der Waals surface area contributed by atoms with Crippen molar-refractivity contribution in [3.8, 4) is 0 Å². The van der Waals surface area contributed by atoms with Gasteiger partial charge in [0.05, 0.1) is 6.42 Å². The fourth-order valence-electron chi connectivity index (χ4n) is 4.26. The predicted octanol–water partition coefficient (Wildman–Crippen LogP) is 5.45. The fourth-order valence-corrected chi connectivity index (χ4v) is 4.46. The Labute approximate surface area is 191 Å². The highest BCUT2D eigenvalue weighted by atomic mass is 35.5. The molecule has 1 N–H and O–H groups in total. The van der Waals surface area contributed by atoms with Crippen molar-refractivity contribution in [3.05, 3.63) is 70.2 Å². The van der Waals surface area contributed by atoms with Gasteiger partial charge in [-0.3, -0.25) is 9.59 Å². The van der Waals surface area contributed by atoms with Gasteiger partial charge in [0.1, 0.15) is 6.04 Å². The summed E-state index contributed by atoms with van der Waals surface area (Å²) in [7, 11) is 0. The minimum Gasteiger partial charge on any atom is -0.352 e. The molecule has 2 amide bonds. The number of hydrogen-bond acceptors (Lipinski definition) is 2. The van der Waals surface area contributed by atoms with Crippen LogP contribution in [0.15, 0.2) is 48.5 Å². The van der Waals surface area contributed by atoms with Gasteiger partial charge in [-0.2, -0.15) is 0 Å². The molecular weight excluding hydrogens is 408 g/mol. The Kier molecular flexibility index (Phi) is 8.53. The van der Waals surface area contributed by atoms with Crippen molar-refractivity contribution >= 4 is 23.4 Å². The third-order valence-electron chi connectivity index (χ3n) is 6.11. The SMILES string of the molecule is CC[C@H](C(=O)NC1CCCCC1)N(Cc1ccc(C)cc1)C(=O)Cc1ccccc1Cl. The van der Waals surface area contributed by atoms with E-state index in [9.17, 15) is 9.59 Å². The second-order valence-electron chi connectivity index (χ2n) is 8.54. The zero-order chi connectivity index (χ0) is 22.2. The first-order chi connectivity index (χ1) is 15.0. The highest BCUT2D eigenvalue weighted by Gasteiger charge is 2.30. The van der Waals surface area contributed by atoms with Gasteiger partial charge >= 0.3 is 0 Å². The molecule has 5 heteroatoms. The Hall–Kier alpha value is -2.33. The van der Waals surface area contributed by atoms with Gasteiger partial charge in [-0.05, 0) is 43.4 Å². The van der Waals surface area contributed by atoms with Crippen LogP contribution in [0.2, 0.25) is 5.02 Å². The zero-order valence-corrected chi connectivity index (χ0v) is 19.3. The van der Waals surface area contributed by atoms with E-state index < -0.39 is 6.04 Å². The minimum absolute atomic E-state index is 0.0472. The van der Waals surface area contributed by atoms with Crippen molar-refractivity contribution in [1.82, 2.24) is 10.2 Å². The quantitative estimate of drug-likeness (QED) is 0.593.